The van der Waals surface area contributed by atoms with Gasteiger partial charge in [-0.3, -0.25) is 14.8 Å². The lowest BCUT2D eigenvalue weighted by molar-refractivity contribution is 0.0788. The third-order valence-electron chi connectivity index (χ3n) is 4.99. The van der Waals surface area contributed by atoms with Gasteiger partial charge in [0.1, 0.15) is 0 Å². The van der Waals surface area contributed by atoms with Crippen LogP contribution in [-0.2, 0) is 12.8 Å². The summed E-state index contributed by atoms with van der Waals surface area (Å²) in [5, 5.41) is 0. The Balaban J connectivity index is 1.78. The lowest BCUT2D eigenvalue weighted by atomic mass is 9.74. The molecule has 3 nitrogen and oxygen atoms in total. The van der Waals surface area contributed by atoms with Crippen LogP contribution < -0.4 is 0 Å². The molecule has 2 heterocycles. The Kier molecular flexibility index (Phi) is 5.90. The number of rotatable bonds is 8. The highest BCUT2D eigenvalue weighted by Gasteiger charge is 2.33. The van der Waals surface area contributed by atoms with Crippen molar-refractivity contribution in [3.05, 3.63) is 96.1 Å². The first kappa shape index (κ1) is 18.0. The summed E-state index contributed by atoms with van der Waals surface area (Å²) in [5.74, 6) is 0.219. The van der Waals surface area contributed by atoms with Crippen LogP contribution >= 0.6 is 0 Å². The zero-order chi connectivity index (χ0) is 18.2. The number of pyridine rings is 2. The number of nitrogens with zero attached hydrogens (tertiary/aromatic N) is 2. The summed E-state index contributed by atoms with van der Waals surface area (Å²) in [6, 6.07) is 17.7. The number of Topliss-reactive ketones (excluding diaryl/α,β-unsaturated/α-hetero) is 1. The molecule has 132 valence electrons. The molecule has 1 aromatic carbocycles. The monoisotopic (exact) mass is 344 g/mol. The van der Waals surface area contributed by atoms with Gasteiger partial charge in [-0.2, -0.15) is 0 Å². The van der Waals surface area contributed by atoms with E-state index < -0.39 is 5.41 Å². The minimum Gasteiger partial charge on any atom is -0.294 e. The second-order valence-electron chi connectivity index (χ2n) is 6.97. The maximum atomic E-state index is 13.3. The molecule has 0 fully saturated rings. The lowest BCUT2D eigenvalue weighted by Crippen LogP contribution is -2.29. The molecule has 26 heavy (non-hydrogen) atoms. The third kappa shape index (κ3) is 4.63. The Morgan fingerprint density at radius 3 is 2.15 bits per heavy atom. The van der Waals surface area contributed by atoms with Crippen LogP contribution in [0.1, 0.15) is 41.3 Å². The molecule has 0 N–H and O–H groups in total. The van der Waals surface area contributed by atoms with Gasteiger partial charge in [-0.15, -0.1) is 0 Å². The van der Waals surface area contributed by atoms with E-state index in [0.717, 1.165) is 31.2 Å². The van der Waals surface area contributed by atoms with Crippen LogP contribution in [0.2, 0.25) is 0 Å². The Labute approximate surface area is 155 Å². The van der Waals surface area contributed by atoms with Crippen molar-refractivity contribution in [1.29, 1.82) is 0 Å². The van der Waals surface area contributed by atoms with Crippen molar-refractivity contribution in [3.63, 3.8) is 0 Å². The Morgan fingerprint density at radius 2 is 1.50 bits per heavy atom. The molecule has 0 saturated heterocycles. The van der Waals surface area contributed by atoms with E-state index in [1.807, 2.05) is 54.7 Å². The van der Waals surface area contributed by atoms with E-state index >= 15 is 0 Å². The molecule has 0 saturated carbocycles. The van der Waals surface area contributed by atoms with Gasteiger partial charge in [-0.25, -0.2) is 0 Å². The summed E-state index contributed by atoms with van der Waals surface area (Å²) in [5.41, 5.74) is 2.76. The van der Waals surface area contributed by atoms with E-state index in [9.17, 15) is 4.79 Å². The highest BCUT2D eigenvalue weighted by molar-refractivity contribution is 6.00. The predicted molar refractivity (Wildman–Crippen MR) is 104 cm³/mol. The second kappa shape index (κ2) is 8.52. The molecule has 0 spiro atoms. The van der Waals surface area contributed by atoms with Gasteiger partial charge in [0.25, 0.3) is 0 Å². The van der Waals surface area contributed by atoms with Crippen LogP contribution in [0.25, 0.3) is 0 Å². The molecule has 3 heteroatoms. The molecule has 0 radical (unpaired) electrons. The molecule has 2 aromatic heterocycles. The zero-order valence-corrected chi connectivity index (χ0v) is 15.1. The molecule has 0 amide bonds. The van der Waals surface area contributed by atoms with Crippen molar-refractivity contribution in [1.82, 2.24) is 9.97 Å². The predicted octanol–water partition coefficient (Wildman–Crippen LogP) is 4.93. The standard InChI is InChI=1S/C23H24N2O/c1-23(13-9-19-11-16-24-17-12-19,14-10-20-6-5-15-25-18-20)22(26)21-7-3-2-4-8-21/h2-8,11-12,15-18H,9-10,13-14H2,1H3. The first-order chi connectivity index (χ1) is 12.7. The van der Waals surface area contributed by atoms with Gasteiger partial charge in [0.05, 0.1) is 0 Å². The number of hydrogen-bond acceptors (Lipinski definition) is 3. The molecule has 3 rings (SSSR count). The lowest BCUT2D eigenvalue weighted by Gasteiger charge is -2.28. The molecule has 0 aliphatic rings. The molecule has 3 aromatic rings. The summed E-state index contributed by atoms with van der Waals surface area (Å²) < 4.78 is 0. The first-order valence-electron chi connectivity index (χ1n) is 9.05. The summed E-state index contributed by atoms with van der Waals surface area (Å²) >= 11 is 0. The molecule has 1 atom stereocenters. The van der Waals surface area contributed by atoms with Crippen molar-refractivity contribution in [2.45, 2.75) is 32.6 Å². The summed E-state index contributed by atoms with van der Waals surface area (Å²) in [6.45, 7) is 2.10. The second-order valence-corrected chi connectivity index (χ2v) is 6.97. The van der Waals surface area contributed by atoms with Crippen LogP contribution in [0, 0.1) is 5.41 Å². The van der Waals surface area contributed by atoms with Gasteiger partial charge < -0.3 is 0 Å². The zero-order valence-electron chi connectivity index (χ0n) is 15.1. The molecular formula is C23H24N2O. The van der Waals surface area contributed by atoms with E-state index in [1.54, 1.807) is 18.6 Å². The van der Waals surface area contributed by atoms with Crippen LogP contribution in [-0.4, -0.2) is 15.8 Å². The van der Waals surface area contributed by atoms with E-state index in [0.29, 0.717) is 0 Å². The van der Waals surface area contributed by atoms with Crippen LogP contribution in [0.5, 0.6) is 0 Å². The Bertz CT molecular complexity index is 773. The number of carbonyl (C=O) groups excluding carboxylic acids is 1. The minimum absolute atomic E-state index is 0.219. The van der Waals surface area contributed by atoms with Gasteiger partial charge in [0.2, 0.25) is 0 Å². The van der Waals surface area contributed by atoms with Crippen molar-refractivity contribution >= 4 is 5.78 Å². The van der Waals surface area contributed by atoms with Crippen molar-refractivity contribution < 1.29 is 4.79 Å². The quantitative estimate of drug-likeness (QED) is 0.544. The van der Waals surface area contributed by atoms with Crippen molar-refractivity contribution in [2.24, 2.45) is 5.41 Å². The molecule has 0 aliphatic heterocycles. The average Bonchev–Trinajstić information content (AvgIpc) is 2.72. The number of aryl methyl sites for hydroxylation is 2. The smallest absolute Gasteiger partial charge is 0.168 e. The van der Waals surface area contributed by atoms with Crippen LogP contribution in [0.4, 0.5) is 0 Å². The maximum absolute atomic E-state index is 13.3. The van der Waals surface area contributed by atoms with Crippen molar-refractivity contribution in [3.8, 4) is 0 Å². The summed E-state index contributed by atoms with van der Waals surface area (Å²) in [6.07, 6.45) is 10.6. The third-order valence-corrected chi connectivity index (χ3v) is 4.99. The van der Waals surface area contributed by atoms with Crippen LogP contribution in [0.15, 0.2) is 79.4 Å². The highest BCUT2D eigenvalue weighted by Crippen LogP contribution is 2.33. The Hall–Kier alpha value is -2.81. The average molecular weight is 344 g/mol. The minimum atomic E-state index is -0.416. The SMILES string of the molecule is CC(CCc1ccncc1)(CCc1cccnc1)C(=O)c1ccccc1. The molecule has 0 aliphatic carbocycles. The summed E-state index contributed by atoms with van der Waals surface area (Å²) in [4.78, 5) is 21.5. The van der Waals surface area contributed by atoms with Crippen LogP contribution in [0.3, 0.4) is 0 Å². The molecule has 0 bridgehead atoms. The number of ketones is 1. The number of hydrogen-bond donors (Lipinski definition) is 0. The summed E-state index contributed by atoms with van der Waals surface area (Å²) in [7, 11) is 0. The largest absolute Gasteiger partial charge is 0.294 e. The fourth-order valence-corrected chi connectivity index (χ4v) is 3.23. The molecular weight excluding hydrogens is 320 g/mol. The van der Waals surface area contributed by atoms with Gasteiger partial charge in [0, 0.05) is 35.8 Å². The fraction of sp³-hybridized carbons (Fsp3) is 0.261. The number of carbonyl (C=O) groups is 1. The van der Waals surface area contributed by atoms with Crippen molar-refractivity contribution in [2.75, 3.05) is 0 Å². The maximum Gasteiger partial charge on any atom is 0.168 e. The van der Waals surface area contributed by atoms with Gasteiger partial charge in [-0.1, -0.05) is 43.3 Å². The number of aromatic nitrogens is 2. The highest BCUT2D eigenvalue weighted by atomic mass is 16.1. The van der Waals surface area contributed by atoms with E-state index in [2.05, 4.69) is 23.0 Å². The van der Waals surface area contributed by atoms with Gasteiger partial charge in [0.15, 0.2) is 5.78 Å². The number of benzene rings is 1. The Morgan fingerprint density at radius 1 is 0.808 bits per heavy atom. The fourth-order valence-electron chi connectivity index (χ4n) is 3.23. The normalized spacial score (nSPS) is 13.1. The topological polar surface area (TPSA) is 42.9 Å². The van der Waals surface area contributed by atoms with E-state index in [-0.39, 0.29) is 5.78 Å². The first-order valence-corrected chi connectivity index (χ1v) is 9.05. The van der Waals surface area contributed by atoms with Gasteiger partial charge in [-0.05, 0) is 55.0 Å². The molecule has 1 unspecified atom stereocenters. The van der Waals surface area contributed by atoms with Gasteiger partial charge >= 0.3 is 0 Å². The van der Waals surface area contributed by atoms with E-state index in [4.69, 9.17) is 0 Å². The van der Waals surface area contributed by atoms with E-state index in [1.165, 1.54) is 11.1 Å².